The molecule has 0 N–H and O–H groups in total. The first-order valence-corrected chi connectivity index (χ1v) is 13.2. The highest BCUT2D eigenvalue weighted by Crippen LogP contribution is 2.41. The van der Waals surface area contributed by atoms with Crippen molar-refractivity contribution in [1.82, 2.24) is 14.8 Å². The number of thioether (sulfide) groups is 1. The number of thiazole rings is 1. The number of carbonyl (C=O) groups excluding carboxylic acids is 2. The number of hydrogen-bond acceptors (Lipinski definition) is 7. The van der Waals surface area contributed by atoms with Gasteiger partial charge in [0.05, 0.1) is 5.69 Å². The maximum atomic E-state index is 13.7. The van der Waals surface area contributed by atoms with Crippen LogP contribution in [-0.4, -0.2) is 39.3 Å². The van der Waals surface area contributed by atoms with Gasteiger partial charge in [-0.1, -0.05) is 51.2 Å². The van der Waals surface area contributed by atoms with E-state index in [1.807, 2.05) is 35.6 Å². The number of nitrogens with zero attached hydrogens (tertiary/aromatic N) is 4. The number of hydrogen-bond donors (Lipinski definition) is 0. The van der Waals surface area contributed by atoms with E-state index in [2.05, 4.69) is 32.6 Å². The average molecular weight is 503 g/mol. The van der Waals surface area contributed by atoms with Gasteiger partial charge in [-0.15, -0.1) is 11.8 Å². The Kier molecular flexibility index (Phi) is 9.05. The number of aryl methyl sites for hydroxylation is 1. The van der Waals surface area contributed by atoms with Crippen LogP contribution in [0.3, 0.4) is 0 Å². The summed E-state index contributed by atoms with van der Waals surface area (Å²) in [4.78, 5) is 23.7. The minimum Gasteiger partial charge on any atom is -0.355 e. The first-order valence-electron chi connectivity index (χ1n) is 11.5. The van der Waals surface area contributed by atoms with Crippen LogP contribution in [-0.2, 0) is 9.59 Å². The summed E-state index contributed by atoms with van der Waals surface area (Å²) in [5.41, 5.74) is 2.65. The van der Waals surface area contributed by atoms with Gasteiger partial charge in [0.1, 0.15) is 10.0 Å². The molecule has 3 heterocycles. The second-order valence-electron chi connectivity index (χ2n) is 9.01. The van der Waals surface area contributed by atoms with E-state index in [1.165, 1.54) is 23.1 Å². The van der Waals surface area contributed by atoms with Crippen molar-refractivity contribution in [1.29, 1.82) is 0 Å². The highest BCUT2D eigenvalue weighted by Gasteiger charge is 2.26. The molecular weight excluding hydrogens is 471 g/mol. The van der Waals surface area contributed by atoms with Crippen molar-refractivity contribution < 1.29 is 14.0 Å². The van der Waals surface area contributed by atoms with E-state index < -0.39 is 0 Å². The van der Waals surface area contributed by atoms with Gasteiger partial charge in [-0.25, -0.2) is 9.07 Å². The molecule has 0 saturated carbocycles. The summed E-state index contributed by atoms with van der Waals surface area (Å²) in [6.07, 6.45) is 4.67. The van der Waals surface area contributed by atoms with Crippen molar-refractivity contribution in [3.63, 3.8) is 0 Å². The van der Waals surface area contributed by atoms with Crippen molar-refractivity contribution in [2.75, 3.05) is 18.0 Å². The molecule has 2 aromatic heterocycles. The highest BCUT2D eigenvalue weighted by atomic mass is 32.2. The second-order valence-corrected chi connectivity index (χ2v) is 11.8. The van der Waals surface area contributed by atoms with Gasteiger partial charge in [0.25, 0.3) is 0 Å². The first-order chi connectivity index (χ1) is 16.2. The largest absolute Gasteiger partial charge is 0.373 e. The van der Waals surface area contributed by atoms with E-state index in [1.54, 1.807) is 23.5 Å². The number of piperidine rings is 1. The maximum absolute atomic E-state index is 13.7. The summed E-state index contributed by atoms with van der Waals surface area (Å²) in [5.74, 6) is 2.41. The minimum atomic E-state index is -0.235. The van der Waals surface area contributed by atoms with Gasteiger partial charge >= 0.3 is 6.15 Å². The van der Waals surface area contributed by atoms with Crippen molar-refractivity contribution in [3.05, 3.63) is 42.0 Å². The van der Waals surface area contributed by atoms with Crippen LogP contribution in [0.2, 0.25) is 0 Å². The van der Waals surface area contributed by atoms with E-state index in [0.717, 1.165) is 52.7 Å². The van der Waals surface area contributed by atoms with Gasteiger partial charge < -0.3 is 4.90 Å². The van der Waals surface area contributed by atoms with Gasteiger partial charge in [0, 0.05) is 30.1 Å². The van der Waals surface area contributed by atoms with Crippen LogP contribution in [0.15, 0.2) is 34.7 Å². The van der Waals surface area contributed by atoms with E-state index in [4.69, 9.17) is 19.7 Å². The molecule has 0 spiro atoms. The van der Waals surface area contributed by atoms with Crippen LogP contribution in [0.25, 0.3) is 16.3 Å². The Hall–Kier alpha value is -2.48. The molecule has 1 aliphatic rings. The molecule has 3 aromatic rings. The fourth-order valence-electron chi connectivity index (χ4n) is 4.15. The zero-order valence-electron chi connectivity index (χ0n) is 20.2. The molecule has 34 heavy (non-hydrogen) atoms. The Labute approximate surface area is 208 Å². The van der Waals surface area contributed by atoms with Gasteiger partial charge in [0.2, 0.25) is 5.13 Å². The molecule has 4 rings (SSSR count). The van der Waals surface area contributed by atoms with Crippen LogP contribution >= 0.6 is 23.1 Å². The number of halogens is 1. The van der Waals surface area contributed by atoms with Crippen LogP contribution < -0.4 is 4.90 Å². The Morgan fingerprint density at radius 3 is 2.44 bits per heavy atom. The Bertz CT molecular complexity index is 1130. The molecule has 6 nitrogen and oxygen atoms in total. The Morgan fingerprint density at radius 1 is 1.18 bits per heavy atom. The van der Waals surface area contributed by atoms with Crippen LogP contribution in [0.4, 0.5) is 10.2 Å². The van der Waals surface area contributed by atoms with Crippen molar-refractivity contribution in [2.24, 2.45) is 11.8 Å². The summed E-state index contributed by atoms with van der Waals surface area (Å²) in [6, 6.07) is 6.68. The number of anilines is 1. The lowest BCUT2D eigenvalue weighted by Gasteiger charge is -2.34. The molecule has 1 fully saturated rings. The summed E-state index contributed by atoms with van der Waals surface area (Å²) < 4.78 is 16.8. The zero-order valence-corrected chi connectivity index (χ0v) is 21.9. The molecule has 0 aliphatic carbocycles. The SMILES string of the molecule is Cc1nn(-c2nc(N3CCC(C(C)C)CC3)c(SC(C)C)s2)cc1-c1cccc(F)c1.O=C=O. The molecule has 182 valence electrons. The van der Waals surface area contributed by atoms with Gasteiger partial charge in [-0.3, -0.25) is 0 Å². The molecule has 1 aromatic carbocycles. The molecule has 0 radical (unpaired) electrons. The quantitative estimate of drug-likeness (QED) is 0.372. The third-order valence-corrected chi connectivity index (χ3v) is 8.16. The third-order valence-electron chi connectivity index (χ3n) is 5.92. The normalized spacial score (nSPS) is 14.3. The van der Waals surface area contributed by atoms with Crippen molar-refractivity contribution in [3.8, 4) is 16.3 Å². The number of benzene rings is 1. The molecule has 1 saturated heterocycles. The Morgan fingerprint density at radius 2 is 1.85 bits per heavy atom. The Balaban J connectivity index is 0.00000103. The predicted octanol–water partition coefficient (Wildman–Crippen LogP) is 6.23. The lowest BCUT2D eigenvalue weighted by Crippen LogP contribution is -2.35. The van der Waals surface area contributed by atoms with Crippen LogP contribution in [0.1, 0.15) is 46.2 Å². The van der Waals surface area contributed by atoms with E-state index >= 15 is 0 Å². The molecule has 0 amide bonds. The fraction of sp³-hybridized carbons (Fsp3) is 0.480. The highest BCUT2D eigenvalue weighted by molar-refractivity contribution is 8.01. The third kappa shape index (κ3) is 6.34. The van der Waals surface area contributed by atoms with Crippen LogP contribution in [0.5, 0.6) is 0 Å². The fourth-order valence-corrected chi connectivity index (χ4v) is 6.60. The topological polar surface area (TPSA) is 68.1 Å². The van der Waals surface area contributed by atoms with Crippen LogP contribution in [0, 0.1) is 24.6 Å². The molecule has 0 unspecified atom stereocenters. The molecule has 9 heteroatoms. The summed E-state index contributed by atoms with van der Waals surface area (Å²) in [7, 11) is 0. The van der Waals surface area contributed by atoms with E-state index in [9.17, 15) is 4.39 Å². The second kappa shape index (κ2) is 11.8. The zero-order chi connectivity index (χ0) is 24.8. The average Bonchev–Trinajstić information content (AvgIpc) is 3.37. The lowest BCUT2D eigenvalue weighted by atomic mass is 9.87. The smallest absolute Gasteiger partial charge is 0.355 e. The van der Waals surface area contributed by atoms with E-state index in [-0.39, 0.29) is 12.0 Å². The maximum Gasteiger partial charge on any atom is 0.373 e. The number of rotatable bonds is 6. The van der Waals surface area contributed by atoms with Gasteiger partial charge in [-0.05, 0) is 49.3 Å². The van der Waals surface area contributed by atoms with E-state index in [0.29, 0.717) is 5.25 Å². The molecular formula is C25H31FN4O2S2. The lowest BCUT2D eigenvalue weighted by molar-refractivity contribution is -0.191. The molecule has 0 bridgehead atoms. The van der Waals surface area contributed by atoms with Gasteiger partial charge in [0.15, 0.2) is 5.82 Å². The summed E-state index contributed by atoms with van der Waals surface area (Å²) in [5, 5.41) is 6.07. The standard InChI is InChI=1S/C24H31FN4S2.CO2/c1-15(2)18-9-11-28(12-10-18)22-23(30-16(3)4)31-24(26-22)29-14-21(17(5)27-29)19-7-6-8-20(25)13-19;2-1-3/h6-8,13-16,18H,9-12H2,1-5H3;. The minimum absolute atomic E-state index is 0.235. The molecule has 1 aliphatic heterocycles. The van der Waals surface area contributed by atoms with Crippen molar-refractivity contribution >= 4 is 35.1 Å². The molecule has 0 atom stereocenters. The van der Waals surface area contributed by atoms with Crippen molar-refractivity contribution in [2.45, 2.75) is 56.9 Å². The predicted molar refractivity (Wildman–Crippen MR) is 135 cm³/mol. The monoisotopic (exact) mass is 502 g/mol. The first kappa shape index (κ1) is 26.1. The summed E-state index contributed by atoms with van der Waals surface area (Å²) in [6.45, 7) is 13.2. The summed E-state index contributed by atoms with van der Waals surface area (Å²) >= 11 is 3.57. The van der Waals surface area contributed by atoms with Gasteiger partial charge in [-0.2, -0.15) is 19.7 Å². The number of aromatic nitrogens is 3.